The van der Waals surface area contributed by atoms with Crippen LogP contribution in [0.3, 0.4) is 0 Å². The molecule has 0 spiro atoms. The highest BCUT2D eigenvalue weighted by Gasteiger charge is 2.14. The number of amides is 1. The molecule has 4 nitrogen and oxygen atoms in total. The molecule has 0 aliphatic heterocycles. The van der Waals surface area contributed by atoms with E-state index >= 15 is 0 Å². The van der Waals surface area contributed by atoms with Crippen molar-refractivity contribution in [1.82, 2.24) is 10.6 Å². The molecule has 1 atom stereocenters. The highest BCUT2D eigenvalue weighted by molar-refractivity contribution is 5.78. The number of hydrogen-bond acceptors (Lipinski definition) is 3. The van der Waals surface area contributed by atoms with Crippen LogP contribution in [-0.2, 0) is 4.79 Å². The van der Waals surface area contributed by atoms with Gasteiger partial charge in [0.1, 0.15) is 0 Å². The summed E-state index contributed by atoms with van der Waals surface area (Å²) in [6, 6.07) is 0. The Bertz CT molecular complexity index is 174. The minimum atomic E-state index is 0.189. The summed E-state index contributed by atoms with van der Waals surface area (Å²) in [5.41, 5.74) is 5.35. The molecule has 0 aliphatic carbocycles. The minimum absolute atomic E-state index is 0.189. The molecule has 0 rings (SSSR count). The van der Waals surface area contributed by atoms with Gasteiger partial charge in [-0.05, 0) is 12.8 Å². The topological polar surface area (TPSA) is 67.2 Å². The van der Waals surface area contributed by atoms with Crippen molar-refractivity contribution in [2.24, 2.45) is 11.7 Å². The monoisotopic (exact) mass is 229 g/mol. The van der Waals surface area contributed by atoms with Gasteiger partial charge in [-0.15, -0.1) is 0 Å². The molecule has 0 radical (unpaired) electrons. The summed E-state index contributed by atoms with van der Waals surface area (Å²) in [4.78, 5) is 11.7. The van der Waals surface area contributed by atoms with Crippen LogP contribution in [0.1, 0.15) is 39.5 Å². The summed E-state index contributed by atoms with van der Waals surface area (Å²) in [6.07, 6.45) is 4.23. The van der Waals surface area contributed by atoms with E-state index in [0.29, 0.717) is 13.1 Å². The van der Waals surface area contributed by atoms with Gasteiger partial charge in [-0.1, -0.05) is 26.7 Å². The second-order valence-corrected chi connectivity index (χ2v) is 4.08. The zero-order chi connectivity index (χ0) is 12.2. The van der Waals surface area contributed by atoms with Crippen molar-refractivity contribution >= 4 is 5.91 Å². The van der Waals surface area contributed by atoms with Gasteiger partial charge in [-0.2, -0.15) is 0 Å². The lowest BCUT2D eigenvalue weighted by molar-refractivity contribution is -0.125. The largest absolute Gasteiger partial charge is 0.355 e. The van der Waals surface area contributed by atoms with Crippen LogP contribution in [-0.4, -0.2) is 32.1 Å². The maximum absolute atomic E-state index is 11.7. The quantitative estimate of drug-likeness (QED) is 0.487. The van der Waals surface area contributed by atoms with Gasteiger partial charge in [-0.3, -0.25) is 4.79 Å². The third-order valence-electron chi connectivity index (χ3n) is 2.69. The Hall–Kier alpha value is -0.610. The van der Waals surface area contributed by atoms with Gasteiger partial charge < -0.3 is 16.4 Å². The van der Waals surface area contributed by atoms with E-state index in [4.69, 9.17) is 5.73 Å². The third-order valence-corrected chi connectivity index (χ3v) is 2.69. The second-order valence-electron chi connectivity index (χ2n) is 4.08. The fraction of sp³-hybridized carbons (Fsp3) is 0.917. The van der Waals surface area contributed by atoms with Gasteiger partial charge in [0.2, 0.25) is 5.91 Å². The molecule has 1 amide bonds. The molecule has 0 bridgehead atoms. The Labute approximate surface area is 99.4 Å². The molecular weight excluding hydrogens is 202 g/mol. The van der Waals surface area contributed by atoms with E-state index in [9.17, 15) is 4.79 Å². The molecule has 0 fully saturated rings. The van der Waals surface area contributed by atoms with Crippen molar-refractivity contribution in [2.75, 3.05) is 26.2 Å². The molecule has 0 aliphatic rings. The Balaban J connectivity index is 3.58. The zero-order valence-corrected chi connectivity index (χ0v) is 10.7. The third kappa shape index (κ3) is 7.65. The van der Waals surface area contributed by atoms with Crippen LogP contribution in [0, 0.1) is 5.92 Å². The molecule has 4 N–H and O–H groups in total. The molecule has 0 heterocycles. The Morgan fingerprint density at radius 1 is 1.25 bits per heavy atom. The van der Waals surface area contributed by atoms with E-state index in [2.05, 4.69) is 24.5 Å². The average Bonchev–Trinajstić information content (AvgIpc) is 2.30. The number of rotatable bonds is 10. The number of carbonyl (C=O) groups is 1. The molecule has 16 heavy (non-hydrogen) atoms. The van der Waals surface area contributed by atoms with Crippen LogP contribution in [0.4, 0.5) is 0 Å². The molecule has 1 unspecified atom stereocenters. The van der Waals surface area contributed by atoms with Crippen LogP contribution in [0.5, 0.6) is 0 Å². The van der Waals surface area contributed by atoms with E-state index in [1.807, 2.05) is 0 Å². The molecule has 0 saturated carbocycles. The predicted molar refractivity (Wildman–Crippen MR) is 68.2 cm³/mol. The summed E-state index contributed by atoms with van der Waals surface area (Å²) < 4.78 is 0. The second kappa shape index (κ2) is 10.9. The normalized spacial score (nSPS) is 12.4. The highest BCUT2D eigenvalue weighted by atomic mass is 16.1. The molecule has 0 aromatic rings. The summed E-state index contributed by atoms with van der Waals surface area (Å²) in [5, 5.41) is 6.11. The number of hydrogen-bond donors (Lipinski definition) is 3. The molecule has 4 heteroatoms. The van der Waals surface area contributed by atoms with Gasteiger partial charge >= 0.3 is 0 Å². The molecule has 0 saturated heterocycles. The Morgan fingerprint density at radius 2 is 2.00 bits per heavy atom. The van der Waals surface area contributed by atoms with Gasteiger partial charge in [0, 0.05) is 32.1 Å². The van der Waals surface area contributed by atoms with Crippen molar-refractivity contribution in [3.63, 3.8) is 0 Å². The first-order chi connectivity index (χ1) is 7.76. The molecular formula is C12H27N3O. The Morgan fingerprint density at radius 3 is 2.56 bits per heavy atom. The lowest BCUT2D eigenvalue weighted by atomic mass is 9.98. The van der Waals surface area contributed by atoms with Gasteiger partial charge in [0.15, 0.2) is 0 Å². The van der Waals surface area contributed by atoms with Crippen molar-refractivity contribution in [3.8, 4) is 0 Å². The maximum atomic E-state index is 11.7. The van der Waals surface area contributed by atoms with Crippen LogP contribution in [0.25, 0.3) is 0 Å². The van der Waals surface area contributed by atoms with Crippen molar-refractivity contribution in [2.45, 2.75) is 39.5 Å². The summed E-state index contributed by atoms with van der Waals surface area (Å²) >= 11 is 0. The van der Waals surface area contributed by atoms with E-state index in [0.717, 1.165) is 38.8 Å². The van der Waals surface area contributed by atoms with E-state index < -0.39 is 0 Å². The summed E-state index contributed by atoms with van der Waals surface area (Å²) in [5.74, 6) is 0.389. The van der Waals surface area contributed by atoms with E-state index in [-0.39, 0.29) is 11.8 Å². The lowest BCUT2D eigenvalue weighted by Crippen LogP contribution is -2.36. The SMILES string of the molecule is CCCCC(CC)C(=O)NCCNCCN. The standard InChI is InChI=1S/C12H27N3O/c1-3-5-6-11(4-2)12(16)15-10-9-14-8-7-13/h11,14H,3-10,13H2,1-2H3,(H,15,16). The van der Waals surface area contributed by atoms with Crippen LogP contribution >= 0.6 is 0 Å². The highest BCUT2D eigenvalue weighted by Crippen LogP contribution is 2.12. The Kier molecular flexibility index (Phi) is 10.5. The first-order valence-corrected chi connectivity index (χ1v) is 6.44. The fourth-order valence-corrected chi connectivity index (χ4v) is 1.62. The van der Waals surface area contributed by atoms with Crippen LogP contribution < -0.4 is 16.4 Å². The first-order valence-electron chi connectivity index (χ1n) is 6.44. The van der Waals surface area contributed by atoms with Crippen molar-refractivity contribution in [3.05, 3.63) is 0 Å². The van der Waals surface area contributed by atoms with E-state index in [1.54, 1.807) is 0 Å². The smallest absolute Gasteiger partial charge is 0.223 e. The number of carbonyl (C=O) groups excluding carboxylic acids is 1. The number of unbranched alkanes of at least 4 members (excludes halogenated alkanes) is 1. The first kappa shape index (κ1) is 15.4. The molecule has 96 valence electrons. The zero-order valence-electron chi connectivity index (χ0n) is 10.7. The minimum Gasteiger partial charge on any atom is -0.355 e. The van der Waals surface area contributed by atoms with Gasteiger partial charge in [0.05, 0.1) is 0 Å². The fourth-order valence-electron chi connectivity index (χ4n) is 1.62. The number of nitrogens with two attached hydrogens (primary N) is 1. The van der Waals surface area contributed by atoms with Crippen molar-refractivity contribution in [1.29, 1.82) is 0 Å². The molecule has 0 aromatic heterocycles. The maximum Gasteiger partial charge on any atom is 0.223 e. The average molecular weight is 229 g/mol. The van der Waals surface area contributed by atoms with Gasteiger partial charge in [0.25, 0.3) is 0 Å². The van der Waals surface area contributed by atoms with Crippen molar-refractivity contribution < 1.29 is 4.79 Å². The predicted octanol–water partition coefficient (Wildman–Crippen LogP) is 0.867. The lowest BCUT2D eigenvalue weighted by Gasteiger charge is -2.14. The van der Waals surface area contributed by atoms with Gasteiger partial charge in [-0.25, -0.2) is 0 Å². The summed E-state index contributed by atoms with van der Waals surface area (Å²) in [6.45, 7) is 7.17. The van der Waals surface area contributed by atoms with E-state index in [1.165, 1.54) is 0 Å². The van der Waals surface area contributed by atoms with Crippen LogP contribution in [0.2, 0.25) is 0 Å². The number of nitrogens with one attached hydrogen (secondary N) is 2. The molecule has 0 aromatic carbocycles. The van der Waals surface area contributed by atoms with Crippen LogP contribution in [0.15, 0.2) is 0 Å². The summed E-state index contributed by atoms with van der Waals surface area (Å²) in [7, 11) is 0.